The minimum atomic E-state index is 0.815. The van der Waals surface area contributed by atoms with E-state index in [0.717, 1.165) is 18.4 Å². The second-order valence-corrected chi connectivity index (χ2v) is 4.12. The molecule has 1 aliphatic heterocycles. The molecule has 0 bridgehead atoms. The lowest BCUT2D eigenvalue weighted by atomic mass is 9.84. The van der Waals surface area contributed by atoms with Crippen molar-refractivity contribution in [2.75, 3.05) is 26.2 Å². The fourth-order valence-electron chi connectivity index (χ4n) is 2.02. The van der Waals surface area contributed by atoms with Crippen LogP contribution in [0.4, 0.5) is 0 Å². The quantitative estimate of drug-likeness (QED) is 0.647. The highest BCUT2D eigenvalue weighted by atomic mass is 15.2. The standard InChI is InChI=1S/C9H18N2/c10-4-9-6-11(7-9)5-8-2-1-3-8/h8-9H,1-7,10H2. The summed E-state index contributed by atoms with van der Waals surface area (Å²) in [5.74, 6) is 1.85. The highest BCUT2D eigenvalue weighted by molar-refractivity contribution is 4.83. The second-order valence-electron chi connectivity index (χ2n) is 4.12. The van der Waals surface area contributed by atoms with Crippen LogP contribution >= 0.6 is 0 Å². The maximum Gasteiger partial charge on any atom is 0.00342 e. The number of hydrogen-bond acceptors (Lipinski definition) is 2. The van der Waals surface area contributed by atoms with Crippen LogP contribution in [0.25, 0.3) is 0 Å². The van der Waals surface area contributed by atoms with Crippen LogP contribution in [0.3, 0.4) is 0 Å². The summed E-state index contributed by atoms with van der Waals surface area (Å²) in [5.41, 5.74) is 5.55. The molecule has 1 saturated heterocycles. The van der Waals surface area contributed by atoms with Crippen LogP contribution in [-0.4, -0.2) is 31.1 Å². The zero-order chi connectivity index (χ0) is 7.68. The first-order valence-corrected chi connectivity index (χ1v) is 4.81. The molecule has 1 saturated carbocycles. The van der Waals surface area contributed by atoms with Crippen LogP contribution in [0.1, 0.15) is 19.3 Å². The fraction of sp³-hybridized carbons (Fsp3) is 1.00. The fourth-order valence-corrected chi connectivity index (χ4v) is 2.02. The lowest BCUT2D eigenvalue weighted by Crippen LogP contribution is -2.51. The predicted octanol–water partition coefficient (Wildman–Crippen LogP) is 0.677. The Hall–Kier alpha value is -0.0800. The van der Waals surface area contributed by atoms with Crippen molar-refractivity contribution >= 4 is 0 Å². The Bertz CT molecular complexity index is 126. The lowest BCUT2D eigenvalue weighted by molar-refractivity contribution is 0.0680. The first-order valence-electron chi connectivity index (χ1n) is 4.81. The largest absolute Gasteiger partial charge is 0.330 e. The van der Waals surface area contributed by atoms with E-state index in [1.54, 1.807) is 0 Å². The molecule has 64 valence electrons. The van der Waals surface area contributed by atoms with Crippen LogP contribution < -0.4 is 5.73 Å². The molecule has 2 nitrogen and oxygen atoms in total. The van der Waals surface area contributed by atoms with Gasteiger partial charge >= 0.3 is 0 Å². The molecule has 0 aromatic heterocycles. The van der Waals surface area contributed by atoms with Gasteiger partial charge in [0.2, 0.25) is 0 Å². The van der Waals surface area contributed by atoms with Crippen molar-refractivity contribution in [3.05, 3.63) is 0 Å². The van der Waals surface area contributed by atoms with Crippen LogP contribution in [0, 0.1) is 11.8 Å². The van der Waals surface area contributed by atoms with Gasteiger partial charge in [0.1, 0.15) is 0 Å². The van der Waals surface area contributed by atoms with Crippen LogP contribution in [-0.2, 0) is 0 Å². The van der Waals surface area contributed by atoms with E-state index in [0.29, 0.717) is 0 Å². The first kappa shape index (κ1) is 7.56. The Morgan fingerprint density at radius 1 is 1.18 bits per heavy atom. The van der Waals surface area contributed by atoms with E-state index in [-0.39, 0.29) is 0 Å². The summed E-state index contributed by atoms with van der Waals surface area (Å²) in [6, 6.07) is 0. The summed E-state index contributed by atoms with van der Waals surface area (Å²) in [6.45, 7) is 4.79. The molecule has 2 fully saturated rings. The third-order valence-corrected chi connectivity index (χ3v) is 3.11. The van der Waals surface area contributed by atoms with Crippen molar-refractivity contribution in [3.63, 3.8) is 0 Å². The smallest absolute Gasteiger partial charge is 0.00342 e. The van der Waals surface area contributed by atoms with E-state index in [4.69, 9.17) is 5.73 Å². The number of likely N-dealkylation sites (tertiary alicyclic amines) is 1. The van der Waals surface area contributed by atoms with E-state index < -0.39 is 0 Å². The van der Waals surface area contributed by atoms with E-state index in [1.807, 2.05) is 0 Å². The molecule has 1 aliphatic carbocycles. The van der Waals surface area contributed by atoms with Gasteiger partial charge in [-0.05, 0) is 31.2 Å². The molecule has 0 unspecified atom stereocenters. The van der Waals surface area contributed by atoms with Gasteiger partial charge in [-0.25, -0.2) is 0 Å². The summed E-state index contributed by atoms with van der Waals surface area (Å²) in [4.78, 5) is 2.56. The van der Waals surface area contributed by atoms with Gasteiger partial charge in [-0.1, -0.05) is 6.42 Å². The Morgan fingerprint density at radius 3 is 2.36 bits per heavy atom. The maximum absolute atomic E-state index is 5.55. The predicted molar refractivity (Wildman–Crippen MR) is 46.3 cm³/mol. The number of hydrogen-bond donors (Lipinski definition) is 1. The van der Waals surface area contributed by atoms with E-state index in [9.17, 15) is 0 Å². The molecule has 11 heavy (non-hydrogen) atoms. The minimum absolute atomic E-state index is 0.815. The molecule has 0 aromatic rings. The Labute approximate surface area is 68.7 Å². The van der Waals surface area contributed by atoms with Gasteiger partial charge < -0.3 is 10.6 Å². The third-order valence-electron chi connectivity index (χ3n) is 3.11. The average molecular weight is 154 g/mol. The van der Waals surface area contributed by atoms with Gasteiger partial charge in [0, 0.05) is 19.6 Å². The zero-order valence-corrected chi connectivity index (χ0v) is 7.13. The van der Waals surface area contributed by atoms with E-state index >= 15 is 0 Å². The van der Waals surface area contributed by atoms with Crippen molar-refractivity contribution in [1.29, 1.82) is 0 Å². The van der Waals surface area contributed by atoms with Gasteiger partial charge in [0.25, 0.3) is 0 Å². The summed E-state index contributed by atoms with van der Waals surface area (Å²) >= 11 is 0. The van der Waals surface area contributed by atoms with E-state index in [1.165, 1.54) is 38.9 Å². The van der Waals surface area contributed by atoms with Gasteiger partial charge in [0.15, 0.2) is 0 Å². The molecule has 0 spiro atoms. The van der Waals surface area contributed by atoms with Crippen LogP contribution in [0.15, 0.2) is 0 Å². The molecule has 0 aromatic carbocycles. The summed E-state index contributed by atoms with van der Waals surface area (Å²) in [6.07, 6.45) is 4.42. The van der Waals surface area contributed by atoms with Crippen molar-refractivity contribution < 1.29 is 0 Å². The van der Waals surface area contributed by atoms with Gasteiger partial charge in [-0.3, -0.25) is 0 Å². The monoisotopic (exact) mass is 154 g/mol. The lowest BCUT2D eigenvalue weighted by Gasteiger charge is -2.42. The molecule has 2 rings (SSSR count). The van der Waals surface area contributed by atoms with Gasteiger partial charge in [0.05, 0.1) is 0 Å². The van der Waals surface area contributed by atoms with Gasteiger partial charge in [-0.2, -0.15) is 0 Å². The molecule has 0 amide bonds. The van der Waals surface area contributed by atoms with Crippen molar-refractivity contribution in [2.45, 2.75) is 19.3 Å². The summed E-state index contributed by atoms with van der Waals surface area (Å²) < 4.78 is 0. The highest BCUT2D eigenvalue weighted by Gasteiger charge is 2.29. The molecule has 0 atom stereocenters. The molecule has 1 heterocycles. The molecular formula is C9H18N2. The third kappa shape index (κ3) is 1.57. The topological polar surface area (TPSA) is 29.3 Å². The number of nitrogens with zero attached hydrogens (tertiary/aromatic N) is 1. The first-order chi connectivity index (χ1) is 5.38. The van der Waals surface area contributed by atoms with E-state index in [2.05, 4.69) is 4.90 Å². The second kappa shape index (κ2) is 3.11. The molecule has 2 heteroatoms. The molecule has 0 radical (unpaired) electrons. The van der Waals surface area contributed by atoms with Crippen molar-refractivity contribution in [3.8, 4) is 0 Å². The minimum Gasteiger partial charge on any atom is -0.330 e. The van der Waals surface area contributed by atoms with Crippen LogP contribution in [0.5, 0.6) is 0 Å². The van der Waals surface area contributed by atoms with Crippen molar-refractivity contribution in [1.82, 2.24) is 4.90 Å². The zero-order valence-electron chi connectivity index (χ0n) is 7.13. The molecule has 2 N–H and O–H groups in total. The summed E-state index contributed by atoms with van der Waals surface area (Å²) in [7, 11) is 0. The average Bonchev–Trinajstić information content (AvgIpc) is 1.81. The Morgan fingerprint density at radius 2 is 1.91 bits per heavy atom. The van der Waals surface area contributed by atoms with Gasteiger partial charge in [-0.15, -0.1) is 0 Å². The number of rotatable bonds is 3. The number of nitrogens with two attached hydrogens (primary N) is 1. The maximum atomic E-state index is 5.55. The van der Waals surface area contributed by atoms with Crippen LogP contribution in [0.2, 0.25) is 0 Å². The normalized spacial score (nSPS) is 28.1. The SMILES string of the molecule is NCC1CN(CC2CCC2)C1. The molecular weight excluding hydrogens is 136 g/mol. The Balaban J connectivity index is 1.59. The molecule has 2 aliphatic rings. The summed E-state index contributed by atoms with van der Waals surface area (Å²) in [5, 5.41) is 0. The van der Waals surface area contributed by atoms with Crippen molar-refractivity contribution in [2.24, 2.45) is 17.6 Å². The Kier molecular flexibility index (Phi) is 2.14. The highest BCUT2D eigenvalue weighted by Crippen LogP contribution is 2.29.